The molecular formula is C13H12ClNO2. The highest BCUT2D eigenvalue weighted by molar-refractivity contribution is 6.32. The Morgan fingerprint density at radius 2 is 1.94 bits per heavy atom. The Bertz CT molecular complexity index is 529. The lowest BCUT2D eigenvalue weighted by atomic mass is 10.2. The van der Waals surface area contributed by atoms with Crippen LogP contribution in [0.1, 0.15) is 5.56 Å². The van der Waals surface area contributed by atoms with E-state index in [-0.39, 0.29) is 5.75 Å². The molecule has 0 aliphatic heterocycles. The molecule has 2 aromatic rings. The maximum Gasteiger partial charge on any atom is 0.138 e. The summed E-state index contributed by atoms with van der Waals surface area (Å²) in [5.41, 5.74) is 7.38. The Morgan fingerprint density at radius 1 is 1.18 bits per heavy atom. The molecule has 0 aliphatic carbocycles. The van der Waals surface area contributed by atoms with Crippen LogP contribution in [0.2, 0.25) is 5.02 Å². The third-order valence-corrected chi connectivity index (χ3v) is 2.65. The molecule has 0 radical (unpaired) electrons. The SMILES string of the molecule is Nc1ccccc1COc1ccc(O)cc1Cl. The van der Waals surface area contributed by atoms with Gasteiger partial charge < -0.3 is 15.6 Å². The van der Waals surface area contributed by atoms with Crippen LogP contribution < -0.4 is 10.5 Å². The fraction of sp³-hybridized carbons (Fsp3) is 0.0769. The highest BCUT2D eigenvalue weighted by Crippen LogP contribution is 2.29. The first-order valence-corrected chi connectivity index (χ1v) is 5.49. The molecule has 0 heterocycles. The van der Waals surface area contributed by atoms with E-state index in [0.717, 1.165) is 5.56 Å². The molecule has 0 spiro atoms. The number of rotatable bonds is 3. The second kappa shape index (κ2) is 4.97. The van der Waals surface area contributed by atoms with Crippen molar-refractivity contribution < 1.29 is 9.84 Å². The van der Waals surface area contributed by atoms with E-state index >= 15 is 0 Å². The molecule has 0 unspecified atom stereocenters. The minimum absolute atomic E-state index is 0.113. The summed E-state index contributed by atoms with van der Waals surface area (Å²) in [6, 6.07) is 12.1. The molecule has 0 saturated carbocycles. The van der Waals surface area contributed by atoms with Crippen LogP contribution in [-0.4, -0.2) is 5.11 Å². The number of para-hydroxylation sites is 1. The molecule has 17 heavy (non-hydrogen) atoms. The van der Waals surface area contributed by atoms with Crippen LogP contribution in [-0.2, 0) is 6.61 Å². The predicted octanol–water partition coefficient (Wildman–Crippen LogP) is 3.21. The van der Waals surface area contributed by atoms with Crippen molar-refractivity contribution in [1.29, 1.82) is 0 Å². The van der Waals surface area contributed by atoms with Gasteiger partial charge in [-0.3, -0.25) is 0 Å². The second-order valence-electron chi connectivity index (χ2n) is 3.60. The first-order chi connectivity index (χ1) is 8.16. The lowest BCUT2D eigenvalue weighted by molar-refractivity contribution is 0.306. The van der Waals surface area contributed by atoms with Gasteiger partial charge in [0, 0.05) is 17.3 Å². The summed E-state index contributed by atoms with van der Waals surface area (Å²) in [4.78, 5) is 0. The Labute approximate surface area is 104 Å². The van der Waals surface area contributed by atoms with Crippen LogP contribution in [0.15, 0.2) is 42.5 Å². The number of anilines is 1. The molecule has 3 N–H and O–H groups in total. The number of nitrogen functional groups attached to an aromatic ring is 1. The summed E-state index contributed by atoms with van der Waals surface area (Å²) in [5, 5.41) is 9.58. The van der Waals surface area contributed by atoms with Gasteiger partial charge in [-0.25, -0.2) is 0 Å². The number of nitrogens with two attached hydrogens (primary N) is 1. The average molecular weight is 250 g/mol. The highest BCUT2D eigenvalue weighted by Gasteiger charge is 2.04. The lowest BCUT2D eigenvalue weighted by Gasteiger charge is -2.09. The smallest absolute Gasteiger partial charge is 0.138 e. The fourth-order valence-corrected chi connectivity index (χ4v) is 1.66. The van der Waals surface area contributed by atoms with Gasteiger partial charge in [0.25, 0.3) is 0 Å². The van der Waals surface area contributed by atoms with E-state index in [9.17, 15) is 5.11 Å². The Balaban J connectivity index is 2.10. The molecule has 0 aliphatic rings. The molecule has 0 bridgehead atoms. The van der Waals surface area contributed by atoms with Crippen molar-refractivity contribution in [3.8, 4) is 11.5 Å². The molecule has 4 heteroatoms. The quantitative estimate of drug-likeness (QED) is 0.822. The highest BCUT2D eigenvalue weighted by atomic mass is 35.5. The van der Waals surface area contributed by atoms with Crippen LogP contribution in [0, 0.1) is 0 Å². The van der Waals surface area contributed by atoms with Crippen molar-refractivity contribution in [2.45, 2.75) is 6.61 Å². The molecule has 0 fully saturated rings. The summed E-state index contributed by atoms with van der Waals surface area (Å²) in [5.74, 6) is 0.634. The number of phenols is 1. The number of ether oxygens (including phenoxy) is 1. The number of hydrogen-bond acceptors (Lipinski definition) is 3. The fourth-order valence-electron chi connectivity index (χ4n) is 1.43. The zero-order chi connectivity index (χ0) is 12.3. The maximum absolute atomic E-state index is 9.21. The van der Waals surface area contributed by atoms with Crippen LogP contribution in [0.25, 0.3) is 0 Å². The third-order valence-electron chi connectivity index (χ3n) is 2.35. The van der Waals surface area contributed by atoms with Crippen molar-refractivity contribution in [1.82, 2.24) is 0 Å². The van der Waals surface area contributed by atoms with E-state index in [1.54, 1.807) is 6.07 Å². The molecular weight excluding hydrogens is 238 g/mol. The van der Waals surface area contributed by atoms with Crippen molar-refractivity contribution in [2.75, 3.05) is 5.73 Å². The Morgan fingerprint density at radius 3 is 2.65 bits per heavy atom. The predicted molar refractivity (Wildman–Crippen MR) is 68.3 cm³/mol. The van der Waals surface area contributed by atoms with E-state index in [4.69, 9.17) is 22.1 Å². The minimum atomic E-state index is 0.113. The average Bonchev–Trinajstić information content (AvgIpc) is 2.30. The third kappa shape index (κ3) is 2.82. The zero-order valence-corrected chi connectivity index (χ0v) is 9.82. The maximum atomic E-state index is 9.21. The van der Waals surface area contributed by atoms with Gasteiger partial charge >= 0.3 is 0 Å². The van der Waals surface area contributed by atoms with E-state index in [2.05, 4.69) is 0 Å². The van der Waals surface area contributed by atoms with Gasteiger partial charge in [0.2, 0.25) is 0 Å². The molecule has 88 valence electrons. The molecule has 2 aromatic carbocycles. The Kier molecular flexibility index (Phi) is 3.40. The van der Waals surface area contributed by atoms with Gasteiger partial charge in [-0.05, 0) is 18.2 Å². The van der Waals surface area contributed by atoms with Gasteiger partial charge in [0.1, 0.15) is 18.1 Å². The van der Waals surface area contributed by atoms with Gasteiger partial charge in [-0.2, -0.15) is 0 Å². The van der Waals surface area contributed by atoms with Crippen LogP contribution in [0.5, 0.6) is 11.5 Å². The van der Waals surface area contributed by atoms with Gasteiger partial charge in [-0.1, -0.05) is 29.8 Å². The van der Waals surface area contributed by atoms with Crippen LogP contribution in [0.3, 0.4) is 0 Å². The molecule has 0 atom stereocenters. The van der Waals surface area contributed by atoms with Gasteiger partial charge in [-0.15, -0.1) is 0 Å². The van der Waals surface area contributed by atoms with Gasteiger partial charge in [0.05, 0.1) is 5.02 Å². The van der Waals surface area contributed by atoms with Crippen LogP contribution in [0.4, 0.5) is 5.69 Å². The summed E-state index contributed by atoms with van der Waals surface area (Å²) in [6.07, 6.45) is 0. The Hall–Kier alpha value is -1.87. The van der Waals surface area contributed by atoms with Crippen LogP contribution >= 0.6 is 11.6 Å². The molecule has 0 amide bonds. The number of halogens is 1. The van der Waals surface area contributed by atoms with E-state index in [0.29, 0.717) is 23.1 Å². The summed E-state index contributed by atoms with van der Waals surface area (Å²) in [7, 11) is 0. The summed E-state index contributed by atoms with van der Waals surface area (Å²) >= 11 is 5.92. The standard InChI is InChI=1S/C13H12ClNO2/c14-11-7-10(16)5-6-13(11)17-8-9-3-1-2-4-12(9)15/h1-7,16H,8,15H2. The van der Waals surface area contributed by atoms with Crippen molar-refractivity contribution in [3.63, 3.8) is 0 Å². The topological polar surface area (TPSA) is 55.5 Å². The molecule has 2 rings (SSSR count). The van der Waals surface area contributed by atoms with Crippen molar-refractivity contribution in [3.05, 3.63) is 53.1 Å². The minimum Gasteiger partial charge on any atom is -0.508 e. The number of phenolic OH excluding ortho intramolecular Hbond substituents is 1. The lowest BCUT2D eigenvalue weighted by Crippen LogP contribution is -2.00. The summed E-state index contributed by atoms with van der Waals surface area (Å²) in [6.45, 7) is 0.344. The second-order valence-corrected chi connectivity index (χ2v) is 4.01. The first-order valence-electron chi connectivity index (χ1n) is 5.11. The van der Waals surface area contributed by atoms with Crippen molar-refractivity contribution >= 4 is 17.3 Å². The number of benzene rings is 2. The summed E-state index contributed by atoms with van der Waals surface area (Å²) < 4.78 is 5.54. The number of hydrogen-bond donors (Lipinski definition) is 2. The van der Waals surface area contributed by atoms with E-state index < -0.39 is 0 Å². The van der Waals surface area contributed by atoms with E-state index in [1.165, 1.54) is 12.1 Å². The normalized spacial score (nSPS) is 10.2. The molecule has 3 nitrogen and oxygen atoms in total. The number of aromatic hydroxyl groups is 1. The first kappa shape index (κ1) is 11.6. The zero-order valence-electron chi connectivity index (χ0n) is 9.06. The monoisotopic (exact) mass is 249 g/mol. The van der Waals surface area contributed by atoms with E-state index in [1.807, 2.05) is 24.3 Å². The molecule has 0 aromatic heterocycles. The van der Waals surface area contributed by atoms with Gasteiger partial charge in [0.15, 0.2) is 0 Å². The van der Waals surface area contributed by atoms with Crippen molar-refractivity contribution in [2.24, 2.45) is 0 Å². The largest absolute Gasteiger partial charge is 0.508 e. The molecule has 0 saturated heterocycles.